The van der Waals surface area contributed by atoms with Gasteiger partial charge in [-0.1, -0.05) is 49.3 Å². The Morgan fingerprint density at radius 1 is 1.19 bits per heavy atom. The quantitative estimate of drug-likeness (QED) is 0.389. The number of hydrogen-bond acceptors (Lipinski definition) is 5. The predicted octanol–water partition coefficient (Wildman–Crippen LogP) is 4.41. The lowest BCUT2D eigenvalue weighted by Gasteiger charge is -2.17. The number of nitrogens with zero attached hydrogens (tertiary/aromatic N) is 3. The second-order valence-electron chi connectivity index (χ2n) is 5.99. The number of benzene rings is 1. The van der Waals surface area contributed by atoms with E-state index in [-0.39, 0.29) is 5.91 Å². The van der Waals surface area contributed by atoms with Gasteiger partial charge in [-0.05, 0) is 30.5 Å². The number of carbonyl (C=O) groups excluding carboxylic acids is 1. The van der Waals surface area contributed by atoms with E-state index in [0.29, 0.717) is 28.2 Å². The topological polar surface area (TPSA) is 58.1 Å². The van der Waals surface area contributed by atoms with Crippen LogP contribution in [0, 0.1) is 0 Å². The Labute approximate surface area is 164 Å². The largest absolute Gasteiger partial charge is 0.360 e. The van der Waals surface area contributed by atoms with Crippen molar-refractivity contribution in [1.82, 2.24) is 15.3 Å². The van der Waals surface area contributed by atoms with Crippen LogP contribution < -0.4 is 10.2 Å². The van der Waals surface area contributed by atoms with Crippen molar-refractivity contribution in [1.29, 1.82) is 0 Å². The van der Waals surface area contributed by atoms with Crippen LogP contribution in [0.1, 0.15) is 42.6 Å². The van der Waals surface area contributed by atoms with Crippen LogP contribution in [0.15, 0.2) is 35.5 Å². The van der Waals surface area contributed by atoms with E-state index in [1.54, 1.807) is 6.07 Å². The van der Waals surface area contributed by atoms with Crippen molar-refractivity contribution < 1.29 is 4.79 Å². The van der Waals surface area contributed by atoms with E-state index in [9.17, 15) is 4.79 Å². The molecule has 26 heavy (non-hydrogen) atoms. The van der Waals surface area contributed by atoms with Crippen LogP contribution in [0.2, 0.25) is 5.15 Å². The Kier molecular flexibility index (Phi) is 8.19. The van der Waals surface area contributed by atoms with Crippen molar-refractivity contribution in [2.75, 3.05) is 25.0 Å². The third kappa shape index (κ3) is 6.18. The SMILES string of the molecule is CCCNC(=O)c1ccc(CSc2nc(Cl)cc(N(C)CCC)n2)cc1. The van der Waals surface area contributed by atoms with Gasteiger partial charge in [-0.2, -0.15) is 0 Å². The van der Waals surface area contributed by atoms with E-state index in [1.807, 2.05) is 38.2 Å². The molecule has 0 unspecified atom stereocenters. The molecule has 0 aliphatic heterocycles. The summed E-state index contributed by atoms with van der Waals surface area (Å²) >= 11 is 7.67. The maximum absolute atomic E-state index is 11.9. The fourth-order valence-corrected chi connectivity index (χ4v) is 3.37. The number of rotatable bonds is 9. The number of aromatic nitrogens is 2. The maximum atomic E-state index is 11.9. The molecule has 0 radical (unpaired) electrons. The first-order chi connectivity index (χ1) is 12.5. The average molecular weight is 393 g/mol. The molecule has 0 aliphatic carbocycles. The van der Waals surface area contributed by atoms with Gasteiger partial charge in [0.25, 0.3) is 5.91 Å². The molecule has 1 heterocycles. The van der Waals surface area contributed by atoms with Crippen molar-refractivity contribution in [2.45, 2.75) is 37.6 Å². The van der Waals surface area contributed by atoms with Gasteiger partial charge in [0.05, 0.1) is 0 Å². The highest BCUT2D eigenvalue weighted by Crippen LogP contribution is 2.24. The van der Waals surface area contributed by atoms with Crippen molar-refractivity contribution in [2.24, 2.45) is 0 Å². The van der Waals surface area contributed by atoms with E-state index in [2.05, 4.69) is 27.1 Å². The number of carbonyl (C=O) groups is 1. The summed E-state index contributed by atoms with van der Waals surface area (Å²) in [4.78, 5) is 22.9. The van der Waals surface area contributed by atoms with Crippen LogP contribution >= 0.6 is 23.4 Å². The van der Waals surface area contributed by atoms with Gasteiger partial charge >= 0.3 is 0 Å². The molecule has 0 bridgehead atoms. The van der Waals surface area contributed by atoms with E-state index < -0.39 is 0 Å². The molecule has 0 spiro atoms. The van der Waals surface area contributed by atoms with Crippen LogP contribution in [0.25, 0.3) is 0 Å². The van der Waals surface area contributed by atoms with Crippen molar-refractivity contribution in [3.05, 3.63) is 46.6 Å². The van der Waals surface area contributed by atoms with E-state index in [0.717, 1.165) is 30.8 Å². The number of thioether (sulfide) groups is 1. The first-order valence-corrected chi connectivity index (χ1v) is 10.2. The fourth-order valence-electron chi connectivity index (χ4n) is 2.34. The van der Waals surface area contributed by atoms with Gasteiger partial charge in [-0.25, -0.2) is 9.97 Å². The number of halogens is 1. The lowest BCUT2D eigenvalue weighted by molar-refractivity contribution is 0.0953. The van der Waals surface area contributed by atoms with Gasteiger partial charge in [0.2, 0.25) is 0 Å². The second kappa shape index (κ2) is 10.4. The molecule has 0 saturated carbocycles. The van der Waals surface area contributed by atoms with E-state index in [4.69, 9.17) is 11.6 Å². The Bertz CT molecular complexity index is 724. The molecule has 0 saturated heterocycles. The van der Waals surface area contributed by atoms with Crippen molar-refractivity contribution >= 4 is 35.1 Å². The standard InChI is InChI=1S/C19H25ClN4OS/c1-4-10-21-18(25)15-8-6-14(7-9-15)13-26-19-22-16(20)12-17(23-19)24(3)11-5-2/h6-9,12H,4-5,10-11,13H2,1-3H3,(H,21,25). The minimum atomic E-state index is -0.0344. The molecule has 0 fully saturated rings. The summed E-state index contributed by atoms with van der Waals surface area (Å²) in [5, 5.41) is 3.98. The zero-order valence-electron chi connectivity index (χ0n) is 15.5. The van der Waals surface area contributed by atoms with E-state index in [1.165, 1.54) is 11.8 Å². The lowest BCUT2D eigenvalue weighted by atomic mass is 10.1. The summed E-state index contributed by atoms with van der Waals surface area (Å²) in [7, 11) is 2.00. The molecule has 140 valence electrons. The van der Waals surface area contributed by atoms with E-state index >= 15 is 0 Å². The minimum Gasteiger partial charge on any atom is -0.360 e. The summed E-state index contributed by atoms with van der Waals surface area (Å²) in [5.41, 5.74) is 1.78. The van der Waals surface area contributed by atoms with Gasteiger partial charge in [0, 0.05) is 37.5 Å². The molecule has 1 N–H and O–H groups in total. The molecule has 5 nitrogen and oxygen atoms in total. The molecule has 2 aromatic rings. The molecular weight excluding hydrogens is 368 g/mol. The fraction of sp³-hybridized carbons (Fsp3) is 0.421. The molecule has 1 aromatic carbocycles. The zero-order valence-corrected chi connectivity index (χ0v) is 17.0. The monoisotopic (exact) mass is 392 g/mol. The summed E-state index contributed by atoms with van der Waals surface area (Å²) in [6.45, 7) is 5.77. The molecule has 0 aliphatic rings. The molecule has 7 heteroatoms. The Hall–Kier alpha value is -1.79. The number of nitrogens with one attached hydrogen (secondary N) is 1. The Morgan fingerprint density at radius 3 is 2.58 bits per heavy atom. The molecule has 1 amide bonds. The molecule has 1 aromatic heterocycles. The number of amides is 1. The number of anilines is 1. The zero-order chi connectivity index (χ0) is 18.9. The van der Waals surface area contributed by atoms with Gasteiger partial charge in [0.15, 0.2) is 5.16 Å². The van der Waals surface area contributed by atoms with Crippen LogP contribution in [0.3, 0.4) is 0 Å². The smallest absolute Gasteiger partial charge is 0.251 e. The Morgan fingerprint density at radius 2 is 1.92 bits per heavy atom. The third-order valence-corrected chi connectivity index (χ3v) is 4.84. The number of hydrogen-bond donors (Lipinski definition) is 1. The molecule has 0 atom stereocenters. The first kappa shape index (κ1) is 20.5. The van der Waals surface area contributed by atoms with Gasteiger partial charge in [-0.15, -0.1) is 0 Å². The second-order valence-corrected chi connectivity index (χ2v) is 7.32. The van der Waals surface area contributed by atoms with Gasteiger partial charge in [0.1, 0.15) is 11.0 Å². The molecule has 2 rings (SSSR count). The van der Waals surface area contributed by atoms with Crippen LogP contribution in [0.4, 0.5) is 5.82 Å². The lowest BCUT2D eigenvalue weighted by Crippen LogP contribution is -2.23. The van der Waals surface area contributed by atoms with Gasteiger partial charge < -0.3 is 10.2 Å². The van der Waals surface area contributed by atoms with Crippen LogP contribution in [-0.4, -0.2) is 36.0 Å². The molecular formula is C19H25ClN4OS. The summed E-state index contributed by atoms with van der Waals surface area (Å²) in [6.07, 6.45) is 1.97. The van der Waals surface area contributed by atoms with Crippen molar-refractivity contribution in [3.8, 4) is 0 Å². The predicted molar refractivity (Wildman–Crippen MR) is 109 cm³/mol. The highest BCUT2D eigenvalue weighted by molar-refractivity contribution is 7.98. The third-order valence-electron chi connectivity index (χ3n) is 3.73. The normalized spacial score (nSPS) is 10.6. The van der Waals surface area contributed by atoms with Crippen LogP contribution in [0.5, 0.6) is 0 Å². The first-order valence-electron chi connectivity index (χ1n) is 8.79. The van der Waals surface area contributed by atoms with Crippen LogP contribution in [-0.2, 0) is 5.75 Å². The van der Waals surface area contributed by atoms with Crippen molar-refractivity contribution in [3.63, 3.8) is 0 Å². The average Bonchev–Trinajstić information content (AvgIpc) is 2.64. The highest BCUT2D eigenvalue weighted by Gasteiger charge is 2.09. The summed E-state index contributed by atoms with van der Waals surface area (Å²) in [5.74, 6) is 1.51. The summed E-state index contributed by atoms with van der Waals surface area (Å²) < 4.78 is 0. The minimum absolute atomic E-state index is 0.0344. The van der Waals surface area contributed by atoms with Gasteiger partial charge in [-0.3, -0.25) is 4.79 Å². The Balaban J connectivity index is 1.99. The highest BCUT2D eigenvalue weighted by atomic mass is 35.5. The maximum Gasteiger partial charge on any atom is 0.251 e. The summed E-state index contributed by atoms with van der Waals surface area (Å²) in [6, 6.07) is 9.40.